The van der Waals surface area contributed by atoms with Crippen LogP contribution in [0.4, 0.5) is 0 Å². The second-order valence-electron chi connectivity index (χ2n) is 8.66. The van der Waals surface area contributed by atoms with Gasteiger partial charge in [0.15, 0.2) is 9.84 Å². The topological polar surface area (TPSA) is 54.4 Å². The number of sulfone groups is 1. The van der Waals surface area contributed by atoms with Crippen LogP contribution in [-0.2, 0) is 9.84 Å². The van der Waals surface area contributed by atoms with Crippen molar-refractivity contribution in [2.75, 3.05) is 0 Å². The molecular formula is C24H26O3S2. The number of benzene rings is 2. The van der Waals surface area contributed by atoms with Crippen LogP contribution in [0.2, 0.25) is 0 Å². The molecule has 0 radical (unpaired) electrons. The molecule has 2 aromatic carbocycles. The Labute approximate surface area is 177 Å². The normalized spacial score (nSPS) is 36.0. The van der Waals surface area contributed by atoms with Gasteiger partial charge in [-0.15, -0.1) is 11.8 Å². The predicted octanol–water partition coefficient (Wildman–Crippen LogP) is 4.73. The highest BCUT2D eigenvalue weighted by Gasteiger charge is 2.62. The molecule has 29 heavy (non-hydrogen) atoms. The van der Waals surface area contributed by atoms with E-state index in [0.717, 1.165) is 19.3 Å². The van der Waals surface area contributed by atoms with Gasteiger partial charge < -0.3 is 5.11 Å². The molecule has 5 heteroatoms. The monoisotopic (exact) mass is 426 g/mol. The first-order chi connectivity index (χ1) is 14.0. The van der Waals surface area contributed by atoms with Crippen LogP contribution in [-0.4, -0.2) is 30.1 Å². The Balaban J connectivity index is 1.60. The zero-order valence-electron chi connectivity index (χ0n) is 16.2. The van der Waals surface area contributed by atoms with Crippen molar-refractivity contribution < 1.29 is 13.5 Å². The zero-order valence-corrected chi connectivity index (χ0v) is 17.9. The third-order valence-electron chi connectivity index (χ3n) is 7.15. The molecule has 6 rings (SSSR count). The number of allylic oxidation sites excluding steroid dienone is 2. The van der Waals surface area contributed by atoms with E-state index in [9.17, 15) is 13.5 Å². The zero-order chi connectivity index (χ0) is 20.1. The van der Waals surface area contributed by atoms with Crippen LogP contribution in [0, 0.1) is 17.3 Å². The lowest BCUT2D eigenvalue weighted by atomic mass is 9.51. The second kappa shape index (κ2) is 7.29. The Bertz CT molecular complexity index is 1000. The van der Waals surface area contributed by atoms with Gasteiger partial charge in [-0.25, -0.2) is 8.42 Å². The number of aliphatic hydroxyl groups is 1. The molecule has 0 saturated heterocycles. The van der Waals surface area contributed by atoms with Crippen LogP contribution in [0.25, 0.3) is 0 Å². The summed E-state index contributed by atoms with van der Waals surface area (Å²) >= 11 is 1.80. The van der Waals surface area contributed by atoms with Gasteiger partial charge in [0.1, 0.15) is 0 Å². The number of aliphatic hydroxyl groups excluding tert-OH is 1. The van der Waals surface area contributed by atoms with Gasteiger partial charge in [0.25, 0.3) is 0 Å². The first kappa shape index (κ1) is 19.4. The van der Waals surface area contributed by atoms with Gasteiger partial charge in [0, 0.05) is 16.1 Å². The molecule has 2 aromatic rings. The van der Waals surface area contributed by atoms with Gasteiger partial charge in [-0.1, -0.05) is 48.6 Å². The highest BCUT2D eigenvalue weighted by atomic mass is 32.2. The fourth-order valence-electron chi connectivity index (χ4n) is 5.96. The van der Waals surface area contributed by atoms with E-state index in [-0.39, 0.29) is 22.5 Å². The highest BCUT2D eigenvalue weighted by Crippen LogP contribution is 2.62. The van der Waals surface area contributed by atoms with Crippen molar-refractivity contribution in [1.82, 2.24) is 0 Å². The third kappa shape index (κ3) is 3.18. The fraction of sp³-hybridized carbons (Fsp3) is 0.417. The Hall–Kier alpha value is -1.56. The maximum absolute atomic E-state index is 13.8. The average molecular weight is 427 g/mol. The summed E-state index contributed by atoms with van der Waals surface area (Å²) in [6, 6.07) is 19.1. The molecule has 3 nitrogen and oxygen atoms in total. The van der Waals surface area contributed by atoms with Crippen LogP contribution in [0.1, 0.15) is 25.7 Å². The van der Waals surface area contributed by atoms with Crippen molar-refractivity contribution in [1.29, 1.82) is 0 Å². The van der Waals surface area contributed by atoms with Crippen molar-refractivity contribution in [3.8, 4) is 0 Å². The van der Waals surface area contributed by atoms with Gasteiger partial charge in [-0.2, -0.15) is 0 Å². The van der Waals surface area contributed by atoms with Crippen LogP contribution in [0.15, 0.2) is 82.6 Å². The highest BCUT2D eigenvalue weighted by molar-refractivity contribution is 8.00. The van der Waals surface area contributed by atoms with Crippen molar-refractivity contribution in [3.05, 3.63) is 72.8 Å². The van der Waals surface area contributed by atoms with E-state index in [4.69, 9.17) is 0 Å². The molecule has 0 aromatic heterocycles. The Morgan fingerprint density at radius 1 is 1.00 bits per heavy atom. The lowest BCUT2D eigenvalue weighted by Gasteiger charge is -2.60. The maximum atomic E-state index is 13.8. The van der Waals surface area contributed by atoms with Crippen LogP contribution >= 0.6 is 11.8 Å². The molecule has 4 aliphatic rings. The average Bonchev–Trinajstić information content (AvgIpc) is 2.74. The van der Waals surface area contributed by atoms with Gasteiger partial charge in [-0.05, 0) is 61.3 Å². The van der Waals surface area contributed by atoms with Crippen molar-refractivity contribution in [2.45, 2.75) is 52.1 Å². The second-order valence-corrected chi connectivity index (χ2v) is 12.1. The summed E-state index contributed by atoms with van der Waals surface area (Å²) in [5.41, 5.74) is -0.217. The van der Waals surface area contributed by atoms with E-state index in [0.29, 0.717) is 11.3 Å². The third-order valence-corrected chi connectivity index (χ3v) is 10.8. The van der Waals surface area contributed by atoms with E-state index in [2.05, 4.69) is 24.3 Å². The lowest BCUT2D eigenvalue weighted by molar-refractivity contribution is -0.0665. The lowest BCUT2D eigenvalue weighted by Crippen LogP contribution is -2.62. The minimum Gasteiger partial charge on any atom is -0.393 e. The number of fused-ring (bicyclic) bond motifs is 2. The molecule has 0 amide bonds. The molecule has 152 valence electrons. The maximum Gasteiger partial charge on any atom is 0.181 e. The molecule has 3 fully saturated rings. The van der Waals surface area contributed by atoms with Crippen molar-refractivity contribution in [3.63, 3.8) is 0 Å². The molecule has 0 aliphatic heterocycles. The van der Waals surface area contributed by atoms with Crippen molar-refractivity contribution >= 4 is 21.6 Å². The molecule has 6 atom stereocenters. The molecule has 3 saturated carbocycles. The van der Waals surface area contributed by atoms with E-state index in [1.54, 1.807) is 36.0 Å². The molecule has 2 unspecified atom stereocenters. The minimum absolute atomic E-state index is 0.0186. The van der Waals surface area contributed by atoms with Crippen LogP contribution < -0.4 is 0 Å². The summed E-state index contributed by atoms with van der Waals surface area (Å²) in [5, 5.41) is 10.5. The fourth-order valence-corrected chi connectivity index (χ4v) is 10.00. The summed E-state index contributed by atoms with van der Waals surface area (Å²) in [6.45, 7) is 0. The summed E-state index contributed by atoms with van der Waals surface area (Å²) in [5.74, 6) is -0.164. The molecule has 2 bridgehead atoms. The van der Waals surface area contributed by atoms with Gasteiger partial charge in [0.05, 0.1) is 16.2 Å². The van der Waals surface area contributed by atoms with E-state index < -0.39 is 21.2 Å². The minimum atomic E-state index is -3.53. The number of hydrogen-bond acceptors (Lipinski definition) is 4. The summed E-state index contributed by atoms with van der Waals surface area (Å²) < 4.78 is 27.7. The van der Waals surface area contributed by atoms with Crippen molar-refractivity contribution in [2.24, 2.45) is 17.3 Å². The van der Waals surface area contributed by atoms with E-state index in [1.807, 2.05) is 24.3 Å². The quantitative estimate of drug-likeness (QED) is 0.719. The Kier molecular flexibility index (Phi) is 4.88. The van der Waals surface area contributed by atoms with Gasteiger partial charge >= 0.3 is 0 Å². The largest absolute Gasteiger partial charge is 0.393 e. The molecular weight excluding hydrogens is 400 g/mol. The molecule has 4 aliphatic carbocycles. The van der Waals surface area contributed by atoms with Crippen LogP contribution in [0.5, 0.6) is 0 Å². The molecule has 1 N–H and O–H groups in total. The van der Waals surface area contributed by atoms with Crippen LogP contribution in [0.3, 0.4) is 0 Å². The SMILES string of the molecule is O=S(=O)(c1ccccc1)C1[C@@H]2CC[C@@]3(C=CC[C@@H](Sc4ccccc4)[C@H]13)CC2O. The number of thioether (sulfide) groups is 1. The first-order valence-electron chi connectivity index (χ1n) is 10.4. The molecule has 0 heterocycles. The Morgan fingerprint density at radius 2 is 1.69 bits per heavy atom. The van der Waals surface area contributed by atoms with E-state index >= 15 is 0 Å². The predicted molar refractivity (Wildman–Crippen MR) is 117 cm³/mol. The number of hydrogen-bond donors (Lipinski definition) is 1. The van der Waals surface area contributed by atoms with Gasteiger partial charge in [0.2, 0.25) is 0 Å². The van der Waals surface area contributed by atoms with E-state index in [1.165, 1.54) is 4.90 Å². The standard InChI is InChI=1S/C24H26O3S2/c25-20-16-24-14-7-12-21(28-17-8-3-1-4-9-17)22(24)23(19(20)13-15-24)29(26,27)18-10-5-2-6-11-18/h1-11,14,19-23,25H,12-13,15-16H2/t19-,20?,21-,22-,23?,24+/m1/s1. The molecule has 1 spiro atoms. The summed E-state index contributed by atoms with van der Waals surface area (Å²) in [7, 11) is -3.53. The van der Waals surface area contributed by atoms with Gasteiger partial charge in [-0.3, -0.25) is 0 Å². The summed E-state index contributed by atoms with van der Waals surface area (Å²) in [4.78, 5) is 1.57. The first-order valence-corrected chi connectivity index (χ1v) is 12.8. The summed E-state index contributed by atoms with van der Waals surface area (Å²) in [6.07, 6.45) is 7.23. The number of rotatable bonds is 4. The smallest absolute Gasteiger partial charge is 0.181 e. The Morgan fingerprint density at radius 3 is 2.38 bits per heavy atom.